The molecule has 13 heteroatoms. The Morgan fingerprint density at radius 1 is 0.898 bits per heavy atom. The summed E-state index contributed by atoms with van der Waals surface area (Å²) in [6, 6.07) is 18.2. The number of nitrogens with one attached hydrogen (secondary N) is 2. The molecule has 4 aromatic rings. The van der Waals surface area contributed by atoms with Crippen molar-refractivity contribution in [3.63, 3.8) is 0 Å². The van der Waals surface area contributed by atoms with Crippen LogP contribution in [0.15, 0.2) is 79.0 Å². The van der Waals surface area contributed by atoms with Gasteiger partial charge >= 0.3 is 12.1 Å². The molecule has 2 heterocycles. The summed E-state index contributed by atoms with van der Waals surface area (Å²) in [7, 11) is 0. The first kappa shape index (κ1) is 35.4. The number of pyridine rings is 1. The van der Waals surface area contributed by atoms with Gasteiger partial charge in [-0.05, 0) is 78.9 Å². The zero-order chi connectivity index (χ0) is 35.0. The molecular formula is C36H34F4N4O4S. The highest BCUT2D eigenvalue weighted by atomic mass is 32.2. The second-order valence-corrected chi connectivity index (χ2v) is 12.7. The van der Waals surface area contributed by atoms with Crippen LogP contribution in [0.3, 0.4) is 0 Å². The van der Waals surface area contributed by atoms with Crippen molar-refractivity contribution in [3.05, 3.63) is 113 Å². The third-order valence-corrected chi connectivity index (χ3v) is 9.00. The Hall–Kier alpha value is -4.91. The number of carboxylic acid groups (broad SMARTS) is 1. The molecule has 1 aromatic heterocycles. The van der Waals surface area contributed by atoms with E-state index in [1.165, 1.54) is 30.0 Å². The molecule has 0 unspecified atom stereocenters. The van der Waals surface area contributed by atoms with Crippen LogP contribution < -0.4 is 15.5 Å². The maximum atomic E-state index is 15.0. The fraction of sp³-hybridized carbons (Fsp3) is 0.278. The lowest BCUT2D eigenvalue weighted by Gasteiger charge is -2.29. The monoisotopic (exact) mass is 694 g/mol. The van der Waals surface area contributed by atoms with E-state index in [0.29, 0.717) is 28.3 Å². The van der Waals surface area contributed by atoms with Crippen molar-refractivity contribution in [2.75, 3.05) is 29.1 Å². The molecule has 0 spiro atoms. The Kier molecular flexibility index (Phi) is 11.6. The average molecular weight is 695 g/mol. The molecular weight excluding hydrogens is 660 g/mol. The molecule has 1 fully saturated rings. The Morgan fingerprint density at radius 3 is 2.41 bits per heavy atom. The van der Waals surface area contributed by atoms with Crippen LogP contribution in [0.1, 0.15) is 63.1 Å². The van der Waals surface area contributed by atoms with Crippen molar-refractivity contribution >= 4 is 40.9 Å². The van der Waals surface area contributed by atoms with Gasteiger partial charge in [-0.3, -0.25) is 19.4 Å². The summed E-state index contributed by atoms with van der Waals surface area (Å²) in [4.78, 5) is 43.9. The van der Waals surface area contributed by atoms with Crippen molar-refractivity contribution in [2.24, 2.45) is 0 Å². The third-order valence-electron chi connectivity index (χ3n) is 7.97. The number of benzene rings is 3. The normalized spacial score (nSPS) is 13.2. The van der Waals surface area contributed by atoms with Crippen molar-refractivity contribution < 1.29 is 37.1 Å². The Labute approximate surface area is 284 Å². The molecule has 2 amide bonds. The van der Waals surface area contributed by atoms with E-state index in [9.17, 15) is 31.9 Å². The number of anilines is 2. The zero-order valence-electron chi connectivity index (χ0n) is 26.4. The molecule has 256 valence electrons. The number of aliphatic carboxylic acids is 1. The first-order valence-electron chi connectivity index (χ1n) is 15.7. The number of carboxylic acids is 1. The number of hydrogen-bond acceptors (Lipinski definition) is 6. The molecule has 1 aliphatic heterocycles. The van der Waals surface area contributed by atoms with Gasteiger partial charge in [0.15, 0.2) is 5.82 Å². The van der Waals surface area contributed by atoms with Gasteiger partial charge in [0, 0.05) is 48.0 Å². The quantitative estimate of drug-likeness (QED) is 0.103. The minimum absolute atomic E-state index is 0.0394. The van der Waals surface area contributed by atoms with Crippen molar-refractivity contribution in [1.82, 2.24) is 10.3 Å². The average Bonchev–Trinajstić information content (AvgIpc) is 3.09. The Morgan fingerprint density at radius 2 is 1.65 bits per heavy atom. The van der Waals surface area contributed by atoms with Gasteiger partial charge in [0.2, 0.25) is 0 Å². The largest absolute Gasteiger partial charge is 0.481 e. The number of thioether (sulfide) groups is 1. The zero-order valence-corrected chi connectivity index (χ0v) is 27.2. The van der Waals surface area contributed by atoms with Crippen LogP contribution in [0.4, 0.5) is 28.9 Å². The number of rotatable bonds is 12. The van der Waals surface area contributed by atoms with Crippen LogP contribution in [-0.4, -0.2) is 46.7 Å². The fourth-order valence-corrected chi connectivity index (χ4v) is 6.32. The maximum absolute atomic E-state index is 15.0. The first-order chi connectivity index (χ1) is 23.5. The highest BCUT2D eigenvalue weighted by molar-refractivity contribution is 7.98. The SMILES string of the molecule is O=C(O)CCSCc1cccc(C(=O)Nc2ccc(N3CCCCC3)cc2-c2cc(C(=O)NCc3cccc(C(F)(F)F)c3)c(F)cn2)c1. The highest BCUT2D eigenvalue weighted by Crippen LogP contribution is 2.34. The molecule has 3 aromatic carbocycles. The van der Waals surface area contributed by atoms with Crippen LogP contribution in [0, 0.1) is 5.82 Å². The number of nitrogens with zero attached hydrogens (tertiary/aromatic N) is 2. The summed E-state index contributed by atoms with van der Waals surface area (Å²) in [5, 5.41) is 14.3. The molecule has 0 bridgehead atoms. The molecule has 8 nitrogen and oxygen atoms in total. The minimum atomic E-state index is -4.55. The smallest absolute Gasteiger partial charge is 0.416 e. The van der Waals surface area contributed by atoms with Gasteiger partial charge in [-0.25, -0.2) is 4.39 Å². The molecule has 0 saturated carbocycles. The van der Waals surface area contributed by atoms with E-state index in [2.05, 4.69) is 20.5 Å². The summed E-state index contributed by atoms with van der Waals surface area (Å²) in [5.41, 5.74) is 2.11. The molecule has 5 rings (SSSR count). The number of carbonyl (C=O) groups is 3. The van der Waals surface area contributed by atoms with E-state index in [1.54, 1.807) is 24.3 Å². The van der Waals surface area contributed by atoms with E-state index in [4.69, 9.17) is 5.11 Å². The minimum Gasteiger partial charge on any atom is -0.481 e. The number of carbonyl (C=O) groups excluding carboxylic acids is 2. The lowest BCUT2D eigenvalue weighted by atomic mass is 10.0. The second kappa shape index (κ2) is 16.0. The standard InChI is InChI=1S/C36H34F4N4O4S/c37-30-21-41-32(19-28(30)35(48)42-20-23-6-5-9-26(17-23)36(38,39)40)29-18-27(44-13-2-1-3-14-44)10-11-31(29)43-34(47)25-8-4-7-24(16-25)22-49-15-12-33(45)46/h4-11,16-19,21H,1-3,12-15,20,22H2,(H,42,48)(H,43,47)(H,45,46). The number of aromatic nitrogens is 1. The van der Waals surface area contributed by atoms with E-state index in [1.807, 2.05) is 18.2 Å². The lowest BCUT2D eigenvalue weighted by Crippen LogP contribution is -2.29. The third kappa shape index (κ3) is 9.59. The van der Waals surface area contributed by atoms with Crippen LogP contribution in [0.2, 0.25) is 0 Å². The van der Waals surface area contributed by atoms with Crippen LogP contribution in [0.25, 0.3) is 11.3 Å². The van der Waals surface area contributed by atoms with E-state index < -0.39 is 35.3 Å². The van der Waals surface area contributed by atoms with Gasteiger partial charge in [-0.2, -0.15) is 24.9 Å². The molecule has 0 atom stereocenters. The van der Waals surface area contributed by atoms with Crippen molar-refractivity contribution in [2.45, 2.75) is 44.2 Å². The molecule has 0 radical (unpaired) electrons. The Balaban J connectivity index is 1.40. The predicted octanol–water partition coefficient (Wildman–Crippen LogP) is 7.79. The topological polar surface area (TPSA) is 112 Å². The summed E-state index contributed by atoms with van der Waals surface area (Å²) in [6.45, 7) is 1.41. The number of piperidine rings is 1. The summed E-state index contributed by atoms with van der Waals surface area (Å²) in [6.07, 6.45) is -0.454. The molecule has 0 aliphatic carbocycles. The van der Waals surface area contributed by atoms with Crippen molar-refractivity contribution in [3.8, 4) is 11.3 Å². The van der Waals surface area contributed by atoms with Crippen LogP contribution >= 0.6 is 11.8 Å². The summed E-state index contributed by atoms with van der Waals surface area (Å²) >= 11 is 1.45. The van der Waals surface area contributed by atoms with Crippen LogP contribution in [-0.2, 0) is 23.3 Å². The molecule has 1 aliphatic rings. The lowest BCUT2D eigenvalue weighted by molar-refractivity contribution is -0.138. The van der Waals surface area contributed by atoms with Gasteiger partial charge in [-0.15, -0.1) is 0 Å². The van der Waals surface area contributed by atoms with Gasteiger partial charge in [0.25, 0.3) is 11.8 Å². The molecule has 1 saturated heterocycles. The summed E-state index contributed by atoms with van der Waals surface area (Å²) in [5.74, 6) is -2.07. The van der Waals surface area contributed by atoms with Gasteiger partial charge in [-0.1, -0.05) is 24.3 Å². The van der Waals surface area contributed by atoms with Crippen LogP contribution in [0.5, 0.6) is 0 Å². The predicted molar refractivity (Wildman–Crippen MR) is 181 cm³/mol. The van der Waals surface area contributed by atoms with E-state index in [0.717, 1.165) is 61.9 Å². The van der Waals surface area contributed by atoms with Gasteiger partial charge in [0.1, 0.15) is 0 Å². The number of amides is 2. The second-order valence-electron chi connectivity index (χ2n) is 11.6. The maximum Gasteiger partial charge on any atom is 0.416 e. The van der Waals surface area contributed by atoms with Crippen molar-refractivity contribution in [1.29, 1.82) is 0 Å². The highest BCUT2D eigenvalue weighted by Gasteiger charge is 2.30. The molecule has 3 N–H and O–H groups in total. The van der Waals surface area contributed by atoms with Gasteiger partial charge in [0.05, 0.1) is 35.1 Å². The van der Waals surface area contributed by atoms with Gasteiger partial charge < -0.3 is 20.6 Å². The Bertz CT molecular complexity index is 1830. The number of hydrogen-bond donors (Lipinski definition) is 3. The fourth-order valence-electron chi connectivity index (χ4n) is 5.44. The van der Waals surface area contributed by atoms with E-state index >= 15 is 0 Å². The molecule has 49 heavy (non-hydrogen) atoms. The summed E-state index contributed by atoms with van der Waals surface area (Å²) < 4.78 is 54.4. The van der Waals surface area contributed by atoms with E-state index in [-0.39, 0.29) is 29.8 Å². The number of alkyl halides is 3. The first-order valence-corrected chi connectivity index (χ1v) is 16.8. The number of halogens is 4.